The van der Waals surface area contributed by atoms with E-state index < -0.39 is 0 Å². The molecule has 0 aliphatic heterocycles. The molecule has 294 valence electrons. The molecule has 2 heterocycles. The number of nitrogens with zero attached hydrogens (tertiary/aromatic N) is 4. The fraction of sp³-hybridized carbons (Fsp3) is 0.750. The molecule has 0 amide bonds. The Balaban J connectivity index is 1.28. The molecule has 0 saturated heterocycles. The van der Waals surface area contributed by atoms with Crippen molar-refractivity contribution in [3.63, 3.8) is 0 Å². The first-order valence-electron chi connectivity index (χ1n) is 22.8. The Bertz CT molecular complexity index is 1170. The smallest absolute Gasteiger partial charge is 0.234 e. The van der Waals surface area contributed by atoms with Crippen LogP contribution in [0.2, 0.25) is 0 Å². The lowest BCUT2D eigenvalue weighted by atomic mass is 10.0. The van der Waals surface area contributed by atoms with Crippen LogP contribution in [0, 0.1) is 13.8 Å². The second-order valence-electron chi connectivity index (χ2n) is 16.3. The van der Waals surface area contributed by atoms with Crippen LogP contribution in [-0.4, -0.2) is 9.13 Å². The lowest BCUT2D eigenvalue weighted by Gasteiger charge is -2.08. The summed E-state index contributed by atoms with van der Waals surface area (Å²) in [4.78, 5) is 0. The Morgan fingerprint density at radius 1 is 0.385 bits per heavy atom. The average Bonchev–Trinajstić information content (AvgIpc) is 3.68. The average molecular weight is 717 g/mol. The lowest BCUT2D eigenvalue weighted by molar-refractivity contribution is -0.699. The normalized spacial score (nSPS) is 11.6. The van der Waals surface area contributed by atoms with Gasteiger partial charge >= 0.3 is 0 Å². The number of benzene rings is 1. The Morgan fingerprint density at radius 3 is 0.942 bits per heavy atom. The maximum atomic E-state index is 2.47. The highest BCUT2D eigenvalue weighted by molar-refractivity contribution is 5.25. The molecule has 52 heavy (non-hydrogen) atoms. The number of rotatable bonds is 34. The van der Waals surface area contributed by atoms with Gasteiger partial charge in [-0.25, -0.2) is 18.3 Å². The second kappa shape index (κ2) is 29.1. The number of unbranched alkanes of at least 4 members (excludes halogenated alkanes) is 26. The molecule has 3 aromatic rings. The van der Waals surface area contributed by atoms with Crippen LogP contribution in [0.4, 0.5) is 0 Å². The summed E-state index contributed by atoms with van der Waals surface area (Å²) in [6.07, 6.45) is 48.8. The zero-order chi connectivity index (χ0) is 36.9. The predicted molar refractivity (Wildman–Crippen MR) is 224 cm³/mol. The van der Waals surface area contributed by atoms with Crippen LogP contribution < -0.4 is 9.13 Å². The molecular weight excluding hydrogens is 633 g/mol. The van der Waals surface area contributed by atoms with Crippen molar-refractivity contribution < 1.29 is 9.13 Å². The van der Waals surface area contributed by atoms with Crippen molar-refractivity contribution in [1.82, 2.24) is 9.13 Å². The minimum atomic E-state index is 0.938. The Kier molecular flexibility index (Phi) is 24.6. The molecule has 0 spiro atoms. The summed E-state index contributed by atoms with van der Waals surface area (Å²) in [7, 11) is 0. The van der Waals surface area contributed by atoms with Crippen molar-refractivity contribution in [2.24, 2.45) is 0 Å². The molecule has 0 bridgehead atoms. The van der Waals surface area contributed by atoms with E-state index in [4.69, 9.17) is 0 Å². The van der Waals surface area contributed by atoms with E-state index in [0.29, 0.717) is 0 Å². The van der Waals surface area contributed by atoms with Crippen LogP contribution in [-0.2, 0) is 26.2 Å². The topological polar surface area (TPSA) is 17.6 Å². The van der Waals surface area contributed by atoms with Gasteiger partial charge in [0.15, 0.2) is 0 Å². The minimum absolute atomic E-state index is 0.938. The van der Waals surface area contributed by atoms with E-state index in [-0.39, 0.29) is 0 Å². The van der Waals surface area contributed by atoms with Crippen LogP contribution in [0.3, 0.4) is 0 Å². The largest absolute Gasteiger partial charge is 0.253 e. The quantitative estimate of drug-likeness (QED) is 0.0432. The second-order valence-corrected chi connectivity index (χ2v) is 16.3. The predicted octanol–water partition coefficient (Wildman–Crippen LogP) is 13.5. The van der Waals surface area contributed by atoms with Gasteiger partial charge < -0.3 is 0 Å². The first-order valence-corrected chi connectivity index (χ1v) is 22.8. The van der Waals surface area contributed by atoms with Crippen LogP contribution >= 0.6 is 0 Å². The van der Waals surface area contributed by atoms with Gasteiger partial charge in [-0.15, -0.1) is 0 Å². The summed E-state index contributed by atoms with van der Waals surface area (Å²) >= 11 is 0. The Morgan fingerprint density at radius 2 is 0.654 bits per heavy atom. The van der Waals surface area contributed by atoms with Gasteiger partial charge in [0.25, 0.3) is 11.6 Å². The standard InChI is InChI=1S/C48H84N4/c1-5-7-9-11-13-15-17-19-21-23-25-27-29-33-37-49-39-41-51(45(49)3)43-47-35-31-32-36-48(47)44-52-42-40-50(46(52)4)38-34-30-28-26-24-22-20-18-16-14-12-10-8-6-2/h31-32,35-36,39-42H,5-30,33-34,37-38,43-44H2,1-4H3/q+2. The SMILES string of the molecule is CCCCCCCCCCCCCCCCn1cc[n+](Cc2ccccc2C[n+]2ccn(CCCCCCCCCCCCCCCC)c2C)c1C. The molecule has 0 atom stereocenters. The molecule has 3 rings (SSSR count). The van der Waals surface area contributed by atoms with Gasteiger partial charge in [-0.3, -0.25) is 0 Å². The highest BCUT2D eigenvalue weighted by atomic mass is 15.2. The first-order chi connectivity index (χ1) is 25.6. The summed E-state index contributed by atoms with van der Waals surface area (Å²) in [5, 5.41) is 0. The monoisotopic (exact) mass is 717 g/mol. The molecule has 0 saturated carbocycles. The molecule has 0 radical (unpaired) electrons. The van der Waals surface area contributed by atoms with Crippen molar-refractivity contribution in [3.8, 4) is 0 Å². The van der Waals surface area contributed by atoms with E-state index in [1.807, 2.05) is 0 Å². The third kappa shape index (κ3) is 18.6. The van der Waals surface area contributed by atoms with E-state index in [0.717, 1.165) is 26.2 Å². The molecule has 4 heteroatoms. The molecule has 2 aromatic heterocycles. The Hall–Kier alpha value is -2.36. The first kappa shape index (κ1) is 44.0. The van der Waals surface area contributed by atoms with Gasteiger partial charge in [-0.2, -0.15) is 0 Å². The van der Waals surface area contributed by atoms with Gasteiger partial charge in [0, 0.05) is 25.0 Å². The highest BCUT2D eigenvalue weighted by Gasteiger charge is 2.17. The van der Waals surface area contributed by atoms with Crippen molar-refractivity contribution in [1.29, 1.82) is 0 Å². The fourth-order valence-corrected chi connectivity index (χ4v) is 8.08. The summed E-state index contributed by atoms with van der Waals surface area (Å²) in [5.74, 6) is 2.74. The van der Waals surface area contributed by atoms with Crippen LogP contribution in [0.15, 0.2) is 49.1 Å². The van der Waals surface area contributed by atoms with Crippen molar-refractivity contribution in [2.75, 3.05) is 0 Å². The molecule has 0 unspecified atom stereocenters. The third-order valence-corrected chi connectivity index (χ3v) is 11.8. The van der Waals surface area contributed by atoms with Crippen LogP contribution in [0.25, 0.3) is 0 Å². The molecule has 1 aromatic carbocycles. The lowest BCUT2D eigenvalue weighted by Crippen LogP contribution is -2.39. The summed E-state index contributed by atoms with van der Waals surface area (Å²) in [6.45, 7) is 13.4. The van der Waals surface area contributed by atoms with Gasteiger partial charge in [0.2, 0.25) is 0 Å². The molecular formula is C48H84N4+2. The highest BCUT2D eigenvalue weighted by Crippen LogP contribution is 2.16. The fourth-order valence-electron chi connectivity index (χ4n) is 8.08. The van der Waals surface area contributed by atoms with Crippen molar-refractivity contribution in [2.45, 2.75) is 234 Å². The van der Waals surface area contributed by atoms with Crippen molar-refractivity contribution >= 4 is 0 Å². The van der Waals surface area contributed by atoms with Gasteiger partial charge in [-0.05, 0) is 25.7 Å². The zero-order valence-corrected chi connectivity index (χ0v) is 35.0. The summed E-state index contributed by atoms with van der Waals surface area (Å²) < 4.78 is 9.83. The van der Waals surface area contributed by atoms with Crippen LogP contribution in [0.5, 0.6) is 0 Å². The summed E-state index contributed by atoms with van der Waals surface area (Å²) in [5.41, 5.74) is 2.85. The van der Waals surface area contributed by atoms with Crippen molar-refractivity contribution in [3.05, 3.63) is 71.8 Å². The maximum Gasteiger partial charge on any atom is 0.253 e. The number of aryl methyl sites for hydroxylation is 2. The van der Waals surface area contributed by atoms with E-state index >= 15 is 0 Å². The number of imidazole rings is 2. The third-order valence-electron chi connectivity index (χ3n) is 11.8. The molecule has 0 fully saturated rings. The number of aromatic nitrogens is 4. The van der Waals surface area contributed by atoms with E-state index in [2.05, 4.69) is 95.0 Å². The van der Waals surface area contributed by atoms with Gasteiger partial charge in [0.1, 0.15) is 37.9 Å². The number of hydrogen-bond acceptors (Lipinski definition) is 0. The molecule has 0 aliphatic rings. The van der Waals surface area contributed by atoms with E-state index in [1.165, 1.54) is 203 Å². The van der Waals surface area contributed by atoms with Crippen LogP contribution in [0.1, 0.15) is 216 Å². The Labute approximate surface area is 322 Å². The molecule has 0 N–H and O–H groups in total. The van der Waals surface area contributed by atoms with E-state index in [1.54, 1.807) is 0 Å². The maximum absolute atomic E-state index is 2.47. The minimum Gasteiger partial charge on any atom is -0.234 e. The summed E-state index contributed by atoms with van der Waals surface area (Å²) in [6, 6.07) is 9.07. The van der Waals surface area contributed by atoms with Gasteiger partial charge in [0.05, 0.1) is 13.1 Å². The zero-order valence-electron chi connectivity index (χ0n) is 35.0. The van der Waals surface area contributed by atoms with Gasteiger partial charge in [-0.1, -0.05) is 192 Å². The van der Waals surface area contributed by atoms with E-state index in [9.17, 15) is 0 Å². The number of hydrogen-bond donors (Lipinski definition) is 0. The molecule has 0 aliphatic carbocycles. The molecule has 4 nitrogen and oxygen atoms in total.